The lowest BCUT2D eigenvalue weighted by Crippen LogP contribution is -2.37. The fraction of sp³-hybridized carbons (Fsp3) is 0.258. The van der Waals surface area contributed by atoms with Gasteiger partial charge in [-0.25, -0.2) is 4.79 Å². The van der Waals surface area contributed by atoms with Crippen molar-refractivity contribution >= 4 is 16.7 Å². The van der Waals surface area contributed by atoms with Crippen molar-refractivity contribution in [2.24, 2.45) is 0 Å². The lowest BCUT2D eigenvalue weighted by atomic mass is 9.83. The minimum atomic E-state index is -0.406. The number of hydrogen-bond donors (Lipinski definition) is 1. The molecule has 4 aromatic carbocycles. The molecule has 36 heavy (non-hydrogen) atoms. The van der Waals surface area contributed by atoms with E-state index in [-0.39, 0.29) is 18.1 Å². The summed E-state index contributed by atoms with van der Waals surface area (Å²) in [5, 5.41) is 6.21. The lowest BCUT2D eigenvalue weighted by molar-refractivity contribution is 0.0597. The van der Waals surface area contributed by atoms with E-state index in [0.29, 0.717) is 17.9 Å². The molecule has 0 fully saturated rings. The first-order chi connectivity index (χ1) is 17.6. The molecule has 184 valence electrons. The predicted molar refractivity (Wildman–Crippen MR) is 142 cm³/mol. The largest absolute Gasteiger partial charge is 0.496 e. The van der Waals surface area contributed by atoms with Gasteiger partial charge in [0.2, 0.25) is 0 Å². The Labute approximate surface area is 212 Å². The summed E-state index contributed by atoms with van der Waals surface area (Å²) in [5.41, 5.74) is 3.87. The fourth-order valence-electron chi connectivity index (χ4n) is 5.19. The van der Waals surface area contributed by atoms with E-state index in [1.54, 1.807) is 7.11 Å². The number of para-hydroxylation sites is 1. The van der Waals surface area contributed by atoms with Gasteiger partial charge in [0.15, 0.2) is 0 Å². The Morgan fingerprint density at radius 2 is 1.78 bits per heavy atom. The highest BCUT2D eigenvalue weighted by molar-refractivity contribution is 5.92. The van der Waals surface area contributed by atoms with Crippen molar-refractivity contribution in [2.75, 3.05) is 20.8 Å². The summed E-state index contributed by atoms with van der Waals surface area (Å²) in [6.07, 6.45) is 0.769. The Bertz CT molecular complexity index is 1380. The van der Waals surface area contributed by atoms with Gasteiger partial charge in [-0.05, 0) is 53.4 Å². The second-order valence-corrected chi connectivity index (χ2v) is 9.22. The summed E-state index contributed by atoms with van der Waals surface area (Å²) in [6, 6.07) is 29.0. The third-order valence-electron chi connectivity index (χ3n) is 7.06. The number of hydrogen-bond acceptors (Lipinski definition) is 5. The number of benzene rings is 4. The van der Waals surface area contributed by atoms with Gasteiger partial charge in [0.25, 0.3) is 0 Å². The van der Waals surface area contributed by atoms with Crippen LogP contribution in [0.15, 0.2) is 84.9 Å². The van der Waals surface area contributed by atoms with Crippen molar-refractivity contribution in [3.05, 3.63) is 107 Å². The highest BCUT2D eigenvalue weighted by Gasteiger charge is 2.30. The maximum atomic E-state index is 12.4. The number of carbonyl (C=O) groups is 1. The summed E-state index contributed by atoms with van der Waals surface area (Å²) in [4.78, 5) is 12.4. The van der Waals surface area contributed by atoms with Gasteiger partial charge in [0, 0.05) is 24.1 Å². The lowest BCUT2D eigenvalue weighted by Gasteiger charge is -2.33. The van der Waals surface area contributed by atoms with E-state index >= 15 is 0 Å². The van der Waals surface area contributed by atoms with Crippen molar-refractivity contribution in [3.63, 3.8) is 0 Å². The molecule has 0 spiro atoms. The molecule has 5 rings (SSSR count). The zero-order valence-corrected chi connectivity index (χ0v) is 20.9. The molecule has 0 aromatic heterocycles. The van der Waals surface area contributed by atoms with E-state index < -0.39 is 5.97 Å². The third kappa shape index (κ3) is 4.67. The molecule has 1 aliphatic rings. The second kappa shape index (κ2) is 10.4. The van der Waals surface area contributed by atoms with Crippen LogP contribution in [0.1, 0.15) is 52.4 Å². The Hall–Kier alpha value is -3.83. The van der Waals surface area contributed by atoms with Crippen LogP contribution in [-0.2, 0) is 4.74 Å². The van der Waals surface area contributed by atoms with Crippen LogP contribution in [0.25, 0.3) is 10.8 Å². The monoisotopic (exact) mass is 481 g/mol. The van der Waals surface area contributed by atoms with Crippen LogP contribution < -0.4 is 14.8 Å². The maximum absolute atomic E-state index is 12.4. The van der Waals surface area contributed by atoms with Crippen LogP contribution >= 0.6 is 0 Å². The Balaban J connectivity index is 1.39. The minimum absolute atomic E-state index is 0.0222. The summed E-state index contributed by atoms with van der Waals surface area (Å²) in [5.74, 6) is 1.07. The number of ether oxygens (including phenoxy) is 3. The number of methoxy groups -OCH3 is 2. The van der Waals surface area contributed by atoms with E-state index in [9.17, 15) is 4.79 Å². The molecular formula is C31H31NO4. The molecule has 1 aliphatic heterocycles. The molecule has 0 saturated heterocycles. The van der Waals surface area contributed by atoms with Gasteiger partial charge in [-0.2, -0.15) is 0 Å². The predicted octanol–water partition coefficient (Wildman–Crippen LogP) is 6.27. The van der Waals surface area contributed by atoms with E-state index in [2.05, 4.69) is 60.8 Å². The van der Waals surface area contributed by atoms with Crippen LogP contribution in [0.5, 0.6) is 11.5 Å². The van der Waals surface area contributed by atoms with Crippen LogP contribution in [-0.4, -0.2) is 32.8 Å². The SMILES string of the molecule is COC(=O)c1cc([C@@H]2C[C@H](CN[C@H](C)c3cccc4ccccc34)Oc3ccccc32)ccc1OC. The first-order valence-electron chi connectivity index (χ1n) is 12.3. The average Bonchev–Trinajstić information content (AvgIpc) is 2.94. The zero-order chi connectivity index (χ0) is 25.1. The van der Waals surface area contributed by atoms with Gasteiger partial charge in [-0.15, -0.1) is 0 Å². The van der Waals surface area contributed by atoms with Crippen molar-refractivity contribution in [3.8, 4) is 11.5 Å². The second-order valence-electron chi connectivity index (χ2n) is 9.22. The molecule has 1 N–H and O–H groups in total. The van der Waals surface area contributed by atoms with Crippen molar-refractivity contribution in [1.29, 1.82) is 0 Å². The van der Waals surface area contributed by atoms with Crippen molar-refractivity contribution in [1.82, 2.24) is 5.32 Å². The molecule has 3 atom stereocenters. The first kappa shape index (κ1) is 23.9. The summed E-state index contributed by atoms with van der Waals surface area (Å²) in [7, 11) is 2.95. The minimum Gasteiger partial charge on any atom is -0.496 e. The summed E-state index contributed by atoms with van der Waals surface area (Å²) < 4.78 is 16.8. The molecule has 0 saturated carbocycles. The fourth-order valence-corrected chi connectivity index (χ4v) is 5.19. The number of carbonyl (C=O) groups excluding carboxylic acids is 1. The molecule has 5 heteroatoms. The molecule has 1 heterocycles. The molecule has 0 radical (unpaired) electrons. The highest BCUT2D eigenvalue weighted by atomic mass is 16.5. The Morgan fingerprint density at radius 3 is 2.61 bits per heavy atom. The van der Waals surface area contributed by atoms with Crippen LogP contribution in [0.4, 0.5) is 0 Å². The molecule has 0 amide bonds. The van der Waals surface area contributed by atoms with E-state index in [0.717, 1.165) is 23.3 Å². The summed E-state index contributed by atoms with van der Waals surface area (Å²) >= 11 is 0. The van der Waals surface area contributed by atoms with Crippen molar-refractivity contribution in [2.45, 2.75) is 31.4 Å². The maximum Gasteiger partial charge on any atom is 0.341 e. The van der Waals surface area contributed by atoms with Gasteiger partial charge in [0.05, 0.1) is 14.2 Å². The van der Waals surface area contributed by atoms with Crippen molar-refractivity contribution < 1.29 is 19.0 Å². The Kier molecular flexibility index (Phi) is 6.92. The third-order valence-corrected chi connectivity index (χ3v) is 7.06. The smallest absolute Gasteiger partial charge is 0.341 e. The van der Waals surface area contributed by atoms with Crippen LogP contribution in [0.3, 0.4) is 0 Å². The van der Waals surface area contributed by atoms with Gasteiger partial charge in [0.1, 0.15) is 23.2 Å². The van der Waals surface area contributed by atoms with E-state index in [4.69, 9.17) is 14.2 Å². The Morgan fingerprint density at radius 1 is 1.00 bits per heavy atom. The van der Waals surface area contributed by atoms with Gasteiger partial charge in [-0.3, -0.25) is 0 Å². The van der Waals surface area contributed by atoms with Gasteiger partial charge >= 0.3 is 5.97 Å². The number of fused-ring (bicyclic) bond motifs is 2. The van der Waals surface area contributed by atoms with E-state index in [1.807, 2.05) is 36.4 Å². The molecule has 4 aromatic rings. The number of esters is 1. The highest BCUT2D eigenvalue weighted by Crippen LogP contribution is 2.41. The summed E-state index contributed by atoms with van der Waals surface area (Å²) in [6.45, 7) is 2.90. The zero-order valence-electron chi connectivity index (χ0n) is 20.9. The van der Waals surface area contributed by atoms with Gasteiger partial charge < -0.3 is 19.5 Å². The quantitative estimate of drug-likeness (QED) is 0.315. The first-order valence-corrected chi connectivity index (χ1v) is 12.3. The number of rotatable bonds is 7. The van der Waals surface area contributed by atoms with Gasteiger partial charge in [-0.1, -0.05) is 66.7 Å². The topological polar surface area (TPSA) is 56.8 Å². The molecule has 5 nitrogen and oxygen atoms in total. The number of nitrogens with one attached hydrogen (secondary N) is 1. The standard InChI is InChI=1S/C31H31NO4/c1-20(24-13-8-10-21-9-4-5-11-25(21)24)32-19-23-18-27(26-12-6-7-14-30(26)36-23)22-15-16-29(34-2)28(17-22)31(33)35-3/h4-17,20,23,27,32H,18-19H2,1-3H3/t20-,23-,27+/m1/s1. The molecule has 0 aliphatic carbocycles. The molecule has 0 bridgehead atoms. The average molecular weight is 482 g/mol. The van der Waals surface area contributed by atoms with Crippen LogP contribution in [0.2, 0.25) is 0 Å². The van der Waals surface area contributed by atoms with Crippen LogP contribution in [0, 0.1) is 0 Å². The molecular weight excluding hydrogens is 450 g/mol. The normalized spacial score (nSPS) is 17.6. The van der Waals surface area contributed by atoms with E-state index in [1.165, 1.54) is 23.4 Å². The molecule has 0 unspecified atom stereocenters.